The van der Waals surface area contributed by atoms with E-state index in [0.717, 1.165) is 78.5 Å². The van der Waals surface area contributed by atoms with Gasteiger partial charge in [-0.2, -0.15) is 0 Å². The van der Waals surface area contributed by atoms with Gasteiger partial charge in [-0.05, 0) is 128 Å². The third-order valence-corrected chi connectivity index (χ3v) is 15.2. The Bertz CT molecular complexity index is 2570. The first-order valence-corrected chi connectivity index (χ1v) is 25.9. The minimum absolute atomic E-state index is 0.000276. The average Bonchev–Trinajstić information content (AvgIpc) is 3.70. The minimum atomic E-state index is -0.234. The zero-order valence-corrected chi connectivity index (χ0v) is 42.5. The predicted molar refractivity (Wildman–Crippen MR) is 281 cm³/mol. The van der Waals surface area contributed by atoms with E-state index in [1.165, 1.54) is 24.0 Å². The van der Waals surface area contributed by atoms with Gasteiger partial charge in [0.25, 0.3) is 0 Å². The summed E-state index contributed by atoms with van der Waals surface area (Å²) in [6.45, 7) is 1.78. The number of benzene rings is 5. The molecule has 5 aromatic carbocycles. The summed E-state index contributed by atoms with van der Waals surface area (Å²) in [5.41, 5.74) is 5.44. The van der Waals surface area contributed by atoms with E-state index in [0.29, 0.717) is 44.9 Å². The van der Waals surface area contributed by atoms with Crippen molar-refractivity contribution in [3.8, 4) is 0 Å². The number of amides is 4. The van der Waals surface area contributed by atoms with Crippen molar-refractivity contribution >= 4 is 93.0 Å². The van der Waals surface area contributed by atoms with Gasteiger partial charge in [-0.1, -0.05) is 119 Å². The van der Waals surface area contributed by atoms with E-state index in [-0.39, 0.29) is 61.6 Å². The highest BCUT2D eigenvalue weighted by Gasteiger charge is 2.42. The van der Waals surface area contributed by atoms with Gasteiger partial charge in [0.2, 0.25) is 23.6 Å². The second kappa shape index (κ2) is 24.5. The van der Waals surface area contributed by atoms with Crippen LogP contribution in [0.5, 0.6) is 0 Å². The maximum Gasteiger partial charge on any atom is 0.239 e. The van der Waals surface area contributed by atoms with Gasteiger partial charge < -0.3 is 26.6 Å². The number of halogens is 5. The summed E-state index contributed by atoms with van der Waals surface area (Å²) < 4.78 is 0. The Kier molecular flexibility index (Phi) is 18.0. The number of fused-ring (bicyclic) bond motifs is 4. The molecule has 70 heavy (non-hydrogen) atoms. The van der Waals surface area contributed by atoms with Crippen LogP contribution in [-0.4, -0.2) is 82.8 Å². The Balaban J connectivity index is 0.000000193. The lowest BCUT2D eigenvalue weighted by atomic mass is 9.96. The first-order valence-electron chi connectivity index (χ1n) is 24.0. The van der Waals surface area contributed by atoms with Crippen LogP contribution in [0, 0.1) is 0 Å². The Labute approximate surface area is 435 Å². The predicted octanol–water partition coefficient (Wildman–Crippen LogP) is 10.3. The summed E-state index contributed by atoms with van der Waals surface area (Å²) in [6, 6.07) is 38.2. The smallest absolute Gasteiger partial charge is 0.239 e. The van der Waals surface area contributed by atoms with Crippen molar-refractivity contribution < 1.29 is 19.2 Å². The van der Waals surface area contributed by atoms with Gasteiger partial charge in [-0.3, -0.25) is 29.0 Å². The highest BCUT2D eigenvalue weighted by Crippen LogP contribution is 2.39. The van der Waals surface area contributed by atoms with Crippen LogP contribution in [0.4, 0.5) is 11.4 Å². The molecule has 0 aromatic heterocycles. The monoisotopic (exact) mass is 1040 g/mol. The lowest BCUT2D eigenvalue weighted by Crippen LogP contribution is -2.51. The molecule has 5 aromatic rings. The number of nitrogens with one attached hydrogen (secondary N) is 5. The standard InChI is InChI=1S/C30H31Cl3N4O2.C24H27Cl2N3O2/c31-21-10-8-19(9-11-21)18-37-23-12-13-24(37)16-22(15-23)35-29(39)17-34-28(38)14-20-4-1-2-7-27(20)36-30-25(32)5-3-6-26(30)33;25-18-6-4-16(5-7-18)15-29-21-8-9-22(29)13-20(12-21)28-24(31)14-27-23(30)11-17-2-1-3-19(26)10-17/h1-11,22-24,36H,12-18H2,(H,34,38)(H,35,39);1-7,10,20-22H,8-9,11-15H2,(H,27,30)(H,28,31). The summed E-state index contributed by atoms with van der Waals surface area (Å²) >= 11 is 30.6. The van der Waals surface area contributed by atoms with Gasteiger partial charge in [0.1, 0.15) is 0 Å². The average molecular weight is 1050 g/mol. The molecule has 4 unspecified atom stereocenters. The lowest BCUT2D eigenvalue weighted by Gasteiger charge is -2.39. The van der Waals surface area contributed by atoms with Crippen molar-refractivity contribution in [3.63, 3.8) is 0 Å². The van der Waals surface area contributed by atoms with Crippen molar-refractivity contribution in [1.29, 1.82) is 0 Å². The number of para-hydroxylation sites is 2. The van der Waals surface area contributed by atoms with Crippen LogP contribution < -0.4 is 26.6 Å². The molecular weight excluding hydrogens is 988 g/mol. The van der Waals surface area contributed by atoms with E-state index in [2.05, 4.69) is 60.6 Å². The van der Waals surface area contributed by atoms with E-state index in [9.17, 15) is 19.2 Å². The third kappa shape index (κ3) is 14.4. The van der Waals surface area contributed by atoms with Crippen LogP contribution in [0.1, 0.15) is 73.6 Å². The van der Waals surface area contributed by atoms with E-state index in [4.69, 9.17) is 58.0 Å². The molecule has 0 radical (unpaired) electrons. The molecule has 4 aliphatic rings. The minimum Gasteiger partial charge on any atom is -0.353 e. The van der Waals surface area contributed by atoms with Crippen molar-refractivity contribution in [2.75, 3.05) is 18.4 Å². The van der Waals surface area contributed by atoms with Gasteiger partial charge in [0, 0.05) is 70.1 Å². The Morgan fingerprint density at radius 1 is 0.471 bits per heavy atom. The van der Waals surface area contributed by atoms with Crippen molar-refractivity contribution in [3.05, 3.63) is 163 Å². The molecule has 4 aliphatic heterocycles. The number of rotatable bonds is 16. The number of anilines is 2. The summed E-state index contributed by atoms with van der Waals surface area (Å²) in [5.74, 6) is -0.707. The topological polar surface area (TPSA) is 135 Å². The summed E-state index contributed by atoms with van der Waals surface area (Å²) in [6.07, 6.45) is 8.71. The quantitative estimate of drug-likeness (QED) is 0.0664. The maximum atomic E-state index is 12.7. The van der Waals surface area contributed by atoms with Crippen molar-refractivity contribution in [2.45, 2.75) is 114 Å². The molecule has 9 rings (SSSR count). The second-order valence-corrected chi connectivity index (χ2v) is 20.9. The van der Waals surface area contributed by atoms with E-state index >= 15 is 0 Å². The van der Waals surface area contributed by atoms with Crippen LogP contribution in [-0.2, 0) is 45.1 Å². The SMILES string of the molecule is O=C(Cc1cccc(Cl)c1)NCC(=O)NC1CC2CCC(C1)N2Cc1ccc(Cl)cc1.O=C(Cc1ccccc1Nc1c(Cl)cccc1Cl)NCC(=O)NC1CC2CCC(C1)N2Cc1ccc(Cl)cc1. The fourth-order valence-electron chi connectivity index (χ4n) is 10.5. The fourth-order valence-corrected chi connectivity index (χ4v) is 11.5. The molecule has 4 bridgehead atoms. The summed E-state index contributed by atoms with van der Waals surface area (Å²) in [5, 5.41) is 18.1. The van der Waals surface area contributed by atoms with Crippen LogP contribution in [0.15, 0.2) is 115 Å². The molecule has 11 nitrogen and oxygen atoms in total. The van der Waals surface area contributed by atoms with Crippen LogP contribution in [0.25, 0.3) is 0 Å². The highest BCUT2D eigenvalue weighted by atomic mass is 35.5. The summed E-state index contributed by atoms with van der Waals surface area (Å²) in [7, 11) is 0. The van der Waals surface area contributed by atoms with Crippen LogP contribution in [0.3, 0.4) is 0 Å². The lowest BCUT2D eigenvalue weighted by molar-refractivity contribution is -0.126. The van der Waals surface area contributed by atoms with Gasteiger partial charge in [0.15, 0.2) is 0 Å². The molecule has 4 saturated heterocycles. The first-order chi connectivity index (χ1) is 33.8. The maximum absolute atomic E-state index is 12.7. The molecule has 4 atom stereocenters. The molecule has 368 valence electrons. The number of hydrogen-bond acceptors (Lipinski definition) is 7. The number of carbonyl (C=O) groups excluding carboxylic acids is 4. The van der Waals surface area contributed by atoms with Gasteiger partial charge >= 0.3 is 0 Å². The van der Waals surface area contributed by atoms with Crippen LogP contribution in [0.2, 0.25) is 25.1 Å². The molecule has 0 spiro atoms. The number of hydrogen-bond donors (Lipinski definition) is 5. The van der Waals surface area contributed by atoms with Gasteiger partial charge in [-0.25, -0.2) is 0 Å². The summed E-state index contributed by atoms with van der Waals surface area (Å²) in [4.78, 5) is 55.1. The zero-order valence-electron chi connectivity index (χ0n) is 38.8. The molecule has 16 heteroatoms. The van der Waals surface area contributed by atoms with Gasteiger partial charge in [0.05, 0.1) is 41.7 Å². The second-order valence-electron chi connectivity index (χ2n) is 18.8. The molecule has 0 aliphatic carbocycles. The Morgan fingerprint density at radius 3 is 1.41 bits per heavy atom. The van der Waals surface area contributed by atoms with E-state index in [1.807, 2.05) is 60.7 Å². The van der Waals surface area contributed by atoms with Gasteiger partial charge in [-0.15, -0.1) is 0 Å². The van der Waals surface area contributed by atoms with Crippen molar-refractivity contribution in [2.24, 2.45) is 0 Å². The van der Waals surface area contributed by atoms with Crippen molar-refractivity contribution in [1.82, 2.24) is 31.1 Å². The highest BCUT2D eigenvalue weighted by molar-refractivity contribution is 6.39. The molecular formula is C54H58Cl5N7O4. The van der Waals surface area contributed by atoms with Crippen LogP contribution >= 0.6 is 58.0 Å². The molecule has 4 amide bonds. The molecule has 4 heterocycles. The fraction of sp³-hybridized carbons (Fsp3) is 0.370. The molecule has 0 saturated carbocycles. The van der Waals surface area contributed by atoms with E-state index in [1.54, 1.807) is 30.3 Å². The Morgan fingerprint density at radius 2 is 0.929 bits per heavy atom. The van der Waals surface area contributed by atoms with E-state index < -0.39 is 0 Å². The molecule has 5 N–H and O–H groups in total. The number of piperidine rings is 2. The molecule has 4 fully saturated rings. The Hall–Kier alpha value is -4.85. The number of carbonyl (C=O) groups is 4. The third-order valence-electron chi connectivity index (χ3n) is 13.8. The largest absolute Gasteiger partial charge is 0.353 e. The zero-order chi connectivity index (χ0) is 49.1. The first kappa shape index (κ1) is 51.5. The number of nitrogens with zero attached hydrogens (tertiary/aromatic N) is 2. The normalized spacial score (nSPS) is 21.5.